The summed E-state index contributed by atoms with van der Waals surface area (Å²) in [6.07, 6.45) is 0.383. The topological polar surface area (TPSA) is 66.8 Å². The van der Waals surface area contributed by atoms with Crippen LogP contribution in [0.3, 0.4) is 0 Å². The number of likely N-dealkylation sites (tertiary alicyclic amines) is 1. The average molecular weight is 313 g/mol. The number of amides is 1. The van der Waals surface area contributed by atoms with Crippen LogP contribution in [0.1, 0.15) is 23.2 Å². The predicted molar refractivity (Wildman–Crippen MR) is 86.4 cm³/mol. The third-order valence-electron chi connectivity index (χ3n) is 4.40. The van der Waals surface area contributed by atoms with Crippen molar-refractivity contribution >= 4 is 22.6 Å². The highest BCUT2D eigenvalue weighted by Gasteiger charge is 2.37. The Morgan fingerprint density at radius 3 is 2.70 bits per heavy atom. The molecule has 0 aliphatic carbocycles. The molecular formula is C18H19NO4. The molecule has 0 saturated carbocycles. The summed E-state index contributed by atoms with van der Waals surface area (Å²) in [6.45, 7) is 0.427. The highest BCUT2D eigenvalue weighted by Crippen LogP contribution is 2.27. The number of rotatable bonds is 4. The number of carboxylic acid groups (broad SMARTS) is 1. The lowest BCUT2D eigenvalue weighted by Crippen LogP contribution is -2.37. The standard InChI is InChI=1S/C18H19NO4/c1-23-14-9-13(10-17(20)21)19(11-14)18(22)16-8-4-6-12-5-2-3-7-15(12)16/h2-8,13-14H,9-11H2,1H3,(H,20,21). The van der Waals surface area contributed by atoms with Crippen LogP contribution in [0, 0.1) is 0 Å². The number of fused-ring (bicyclic) bond motifs is 1. The van der Waals surface area contributed by atoms with Gasteiger partial charge in [-0.25, -0.2) is 0 Å². The van der Waals surface area contributed by atoms with Crippen LogP contribution in [0.2, 0.25) is 0 Å². The van der Waals surface area contributed by atoms with Crippen molar-refractivity contribution in [2.75, 3.05) is 13.7 Å². The molecule has 2 aromatic carbocycles. The van der Waals surface area contributed by atoms with Crippen molar-refractivity contribution in [2.45, 2.75) is 25.0 Å². The van der Waals surface area contributed by atoms with Gasteiger partial charge in [0.2, 0.25) is 0 Å². The zero-order valence-electron chi connectivity index (χ0n) is 12.9. The van der Waals surface area contributed by atoms with E-state index in [1.54, 1.807) is 18.1 Å². The molecule has 0 aromatic heterocycles. The molecule has 0 radical (unpaired) electrons. The number of ether oxygens (including phenoxy) is 1. The van der Waals surface area contributed by atoms with Crippen LogP contribution in [0.4, 0.5) is 0 Å². The van der Waals surface area contributed by atoms with Gasteiger partial charge in [-0.3, -0.25) is 9.59 Å². The molecule has 1 fully saturated rings. The van der Waals surface area contributed by atoms with Gasteiger partial charge >= 0.3 is 5.97 Å². The largest absolute Gasteiger partial charge is 0.481 e. The second-order valence-corrected chi connectivity index (χ2v) is 5.83. The predicted octanol–water partition coefficient (Wildman–Crippen LogP) is 2.54. The molecule has 0 spiro atoms. The van der Waals surface area contributed by atoms with Gasteiger partial charge in [0.25, 0.3) is 5.91 Å². The van der Waals surface area contributed by atoms with Crippen LogP contribution in [0.15, 0.2) is 42.5 Å². The monoisotopic (exact) mass is 313 g/mol. The normalized spacial score (nSPS) is 20.8. The van der Waals surface area contributed by atoms with Crippen LogP contribution >= 0.6 is 0 Å². The number of aliphatic carboxylic acids is 1. The van der Waals surface area contributed by atoms with E-state index >= 15 is 0 Å². The summed E-state index contributed by atoms with van der Waals surface area (Å²) in [5.41, 5.74) is 0.607. The molecule has 5 nitrogen and oxygen atoms in total. The summed E-state index contributed by atoms with van der Waals surface area (Å²) >= 11 is 0. The van der Waals surface area contributed by atoms with E-state index in [0.717, 1.165) is 10.8 Å². The number of carbonyl (C=O) groups is 2. The highest BCUT2D eigenvalue weighted by atomic mass is 16.5. The van der Waals surface area contributed by atoms with Crippen molar-refractivity contribution in [2.24, 2.45) is 0 Å². The minimum Gasteiger partial charge on any atom is -0.481 e. The van der Waals surface area contributed by atoms with Gasteiger partial charge in [-0.15, -0.1) is 0 Å². The molecule has 1 saturated heterocycles. The quantitative estimate of drug-likeness (QED) is 0.942. The number of carboxylic acids is 1. The molecular weight excluding hydrogens is 294 g/mol. The first-order valence-corrected chi connectivity index (χ1v) is 7.63. The Morgan fingerprint density at radius 2 is 1.96 bits per heavy atom. The SMILES string of the molecule is COC1CC(CC(=O)O)N(C(=O)c2cccc3ccccc23)C1. The molecule has 0 bridgehead atoms. The van der Waals surface area contributed by atoms with Crippen LogP contribution in [-0.2, 0) is 9.53 Å². The fourth-order valence-corrected chi connectivity index (χ4v) is 3.25. The van der Waals surface area contributed by atoms with E-state index in [9.17, 15) is 9.59 Å². The zero-order chi connectivity index (χ0) is 16.4. The van der Waals surface area contributed by atoms with Gasteiger partial charge in [0.1, 0.15) is 0 Å². The number of hydrogen-bond donors (Lipinski definition) is 1. The molecule has 2 atom stereocenters. The second kappa shape index (κ2) is 6.38. The summed E-state index contributed by atoms with van der Waals surface area (Å²) in [6, 6.07) is 13.0. The van der Waals surface area contributed by atoms with Gasteiger partial charge in [0, 0.05) is 25.3 Å². The maximum Gasteiger partial charge on any atom is 0.305 e. The van der Waals surface area contributed by atoms with Crippen LogP contribution in [0.25, 0.3) is 10.8 Å². The van der Waals surface area contributed by atoms with E-state index in [4.69, 9.17) is 9.84 Å². The van der Waals surface area contributed by atoms with E-state index in [1.807, 2.05) is 36.4 Å². The molecule has 5 heteroatoms. The van der Waals surface area contributed by atoms with E-state index in [0.29, 0.717) is 18.5 Å². The molecule has 2 aromatic rings. The van der Waals surface area contributed by atoms with E-state index in [1.165, 1.54) is 0 Å². The minimum absolute atomic E-state index is 0.0592. The lowest BCUT2D eigenvalue weighted by atomic mass is 10.0. The second-order valence-electron chi connectivity index (χ2n) is 5.83. The van der Waals surface area contributed by atoms with Crippen molar-refractivity contribution in [3.63, 3.8) is 0 Å². The van der Waals surface area contributed by atoms with Gasteiger partial charge in [-0.2, -0.15) is 0 Å². The van der Waals surface area contributed by atoms with Crippen LogP contribution < -0.4 is 0 Å². The van der Waals surface area contributed by atoms with E-state index in [2.05, 4.69) is 0 Å². The number of nitrogens with zero attached hydrogens (tertiary/aromatic N) is 1. The Bertz CT molecular complexity index is 737. The number of carbonyl (C=O) groups excluding carboxylic acids is 1. The molecule has 1 aliphatic heterocycles. The summed E-state index contributed by atoms with van der Waals surface area (Å²) in [7, 11) is 1.59. The third-order valence-corrected chi connectivity index (χ3v) is 4.40. The molecule has 1 heterocycles. The fraction of sp³-hybridized carbons (Fsp3) is 0.333. The van der Waals surface area contributed by atoms with Crippen molar-refractivity contribution in [1.82, 2.24) is 4.90 Å². The Balaban J connectivity index is 1.95. The first-order chi connectivity index (χ1) is 11.1. The number of methoxy groups -OCH3 is 1. The van der Waals surface area contributed by atoms with Crippen LogP contribution in [0.5, 0.6) is 0 Å². The Kier molecular flexibility index (Phi) is 4.30. The summed E-state index contributed by atoms with van der Waals surface area (Å²) in [5, 5.41) is 11.0. The number of benzene rings is 2. The average Bonchev–Trinajstić information content (AvgIpc) is 2.96. The van der Waals surface area contributed by atoms with Crippen molar-refractivity contribution in [1.29, 1.82) is 0 Å². The lowest BCUT2D eigenvalue weighted by Gasteiger charge is -2.24. The molecule has 3 rings (SSSR count). The Hall–Kier alpha value is -2.40. The first-order valence-electron chi connectivity index (χ1n) is 7.63. The summed E-state index contributed by atoms with van der Waals surface area (Å²) < 4.78 is 5.34. The van der Waals surface area contributed by atoms with Gasteiger partial charge < -0.3 is 14.7 Å². The fourth-order valence-electron chi connectivity index (χ4n) is 3.25. The minimum atomic E-state index is -0.900. The molecule has 1 amide bonds. The maximum atomic E-state index is 13.0. The molecule has 23 heavy (non-hydrogen) atoms. The molecule has 1 aliphatic rings. The van der Waals surface area contributed by atoms with Crippen molar-refractivity contribution in [3.8, 4) is 0 Å². The van der Waals surface area contributed by atoms with Crippen molar-refractivity contribution < 1.29 is 19.4 Å². The Morgan fingerprint density at radius 1 is 1.22 bits per heavy atom. The Labute approximate surface area is 134 Å². The lowest BCUT2D eigenvalue weighted by molar-refractivity contribution is -0.137. The summed E-state index contributed by atoms with van der Waals surface area (Å²) in [4.78, 5) is 25.7. The molecule has 120 valence electrons. The maximum absolute atomic E-state index is 13.0. The van der Waals surface area contributed by atoms with E-state index in [-0.39, 0.29) is 24.5 Å². The van der Waals surface area contributed by atoms with Gasteiger partial charge in [0.15, 0.2) is 0 Å². The first kappa shape index (κ1) is 15.5. The highest BCUT2D eigenvalue weighted by molar-refractivity contribution is 6.07. The smallest absolute Gasteiger partial charge is 0.305 e. The van der Waals surface area contributed by atoms with Gasteiger partial charge in [-0.1, -0.05) is 36.4 Å². The number of hydrogen-bond acceptors (Lipinski definition) is 3. The van der Waals surface area contributed by atoms with Gasteiger partial charge in [0.05, 0.1) is 12.5 Å². The van der Waals surface area contributed by atoms with Crippen LogP contribution in [-0.4, -0.2) is 47.7 Å². The zero-order valence-corrected chi connectivity index (χ0v) is 12.9. The third kappa shape index (κ3) is 3.05. The van der Waals surface area contributed by atoms with E-state index < -0.39 is 5.97 Å². The summed E-state index contributed by atoms with van der Waals surface area (Å²) in [5.74, 6) is -1.03. The molecule has 2 unspecified atom stereocenters. The molecule has 1 N–H and O–H groups in total. The van der Waals surface area contributed by atoms with Gasteiger partial charge in [-0.05, 0) is 23.3 Å². The van der Waals surface area contributed by atoms with Crippen molar-refractivity contribution in [3.05, 3.63) is 48.0 Å².